The molecule has 2 heteroatoms. The SMILES string of the molecule is Cc1ccccc1C=[N+](C)C.[Cl-]. The molecular weight excluding hydrogens is 170 g/mol. The maximum Gasteiger partial charge on any atom is 0.170 e. The van der Waals surface area contributed by atoms with E-state index >= 15 is 0 Å². The van der Waals surface area contributed by atoms with Crippen LogP contribution in [0.25, 0.3) is 0 Å². The summed E-state index contributed by atoms with van der Waals surface area (Å²) in [6, 6.07) is 8.36. The van der Waals surface area contributed by atoms with Gasteiger partial charge in [-0.05, 0) is 18.6 Å². The summed E-state index contributed by atoms with van der Waals surface area (Å²) in [5, 5.41) is 0. The van der Waals surface area contributed by atoms with Crippen molar-refractivity contribution in [2.75, 3.05) is 14.1 Å². The molecule has 0 radical (unpaired) electrons. The van der Waals surface area contributed by atoms with Crippen LogP contribution < -0.4 is 12.4 Å². The molecular formula is C10H14ClN. The van der Waals surface area contributed by atoms with Gasteiger partial charge in [-0.2, -0.15) is 0 Å². The second kappa shape index (κ2) is 4.94. The lowest BCUT2D eigenvalue weighted by Gasteiger charge is -1.95. The molecule has 0 aromatic heterocycles. The van der Waals surface area contributed by atoms with Gasteiger partial charge < -0.3 is 12.4 Å². The van der Waals surface area contributed by atoms with Crippen LogP contribution in [-0.2, 0) is 0 Å². The number of halogens is 1. The first-order valence-corrected chi connectivity index (χ1v) is 3.77. The van der Waals surface area contributed by atoms with Crippen LogP contribution >= 0.6 is 0 Å². The monoisotopic (exact) mass is 183 g/mol. The maximum absolute atomic E-state index is 2.12. The molecule has 0 spiro atoms. The van der Waals surface area contributed by atoms with Crippen LogP contribution in [0.3, 0.4) is 0 Å². The molecule has 0 atom stereocenters. The van der Waals surface area contributed by atoms with E-state index < -0.39 is 0 Å². The van der Waals surface area contributed by atoms with E-state index in [9.17, 15) is 0 Å². The standard InChI is InChI=1S/C10H14N.ClH/c1-9-6-4-5-7-10(9)8-11(2)3;/h4-8H,1-3H3;1H/q+1;/p-1. The second-order valence-electron chi connectivity index (χ2n) is 2.95. The smallest absolute Gasteiger partial charge is 0.170 e. The third-order valence-electron chi connectivity index (χ3n) is 1.59. The van der Waals surface area contributed by atoms with Gasteiger partial charge >= 0.3 is 0 Å². The largest absolute Gasteiger partial charge is 1.00 e. The Labute approximate surface area is 80.1 Å². The first kappa shape index (κ1) is 11.2. The van der Waals surface area contributed by atoms with E-state index in [2.05, 4.69) is 42.0 Å². The van der Waals surface area contributed by atoms with Crippen molar-refractivity contribution in [3.05, 3.63) is 35.4 Å². The van der Waals surface area contributed by atoms with Crippen LogP contribution in [0.1, 0.15) is 11.1 Å². The molecule has 0 fully saturated rings. The highest BCUT2D eigenvalue weighted by atomic mass is 35.5. The van der Waals surface area contributed by atoms with Gasteiger partial charge in [0.05, 0.1) is 0 Å². The van der Waals surface area contributed by atoms with Gasteiger partial charge in [-0.15, -0.1) is 0 Å². The molecule has 0 saturated heterocycles. The predicted molar refractivity (Wildman–Crippen MR) is 48.5 cm³/mol. The predicted octanol–water partition coefficient (Wildman–Crippen LogP) is -1.31. The topological polar surface area (TPSA) is 3.01 Å². The number of benzene rings is 1. The molecule has 0 aliphatic carbocycles. The zero-order chi connectivity index (χ0) is 8.27. The highest BCUT2D eigenvalue weighted by Crippen LogP contribution is 2.02. The number of hydrogen-bond donors (Lipinski definition) is 0. The maximum atomic E-state index is 2.12. The Bertz CT molecular complexity index is 275. The molecule has 0 unspecified atom stereocenters. The number of aryl methyl sites for hydroxylation is 1. The number of rotatable bonds is 1. The summed E-state index contributed by atoms with van der Waals surface area (Å²) in [6.45, 7) is 2.12. The highest BCUT2D eigenvalue weighted by molar-refractivity contribution is 5.77. The summed E-state index contributed by atoms with van der Waals surface area (Å²) in [5.74, 6) is 0. The van der Waals surface area contributed by atoms with Crippen molar-refractivity contribution in [2.45, 2.75) is 6.92 Å². The number of nitrogens with zero attached hydrogens (tertiary/aromatic N) is 1. The van der Waals surface area contributed by atoms with E-state index in [4.69, 9.17) is 0 Å². The first-order chi connectivity index (χ1) is 5.20. The van der Waals surface area contributed by atoms with Gasteiger partial charge in [-0.25, -0.2) is 4.58 Å². The van der Waals surface area contributed by atoms with Gasteiger partial charge in [0, 0.05) is 5.56 Å². The Balaban J connectivity index is 0.00000121. The van der Waals surface area contributed by atoms with Crippen molar-refractivity contribution >= 4 is 6.21 Å². The molecule has 0 heterocycles. The van der Waals surface area contributed by atoms with Crippen LogP contribution in [-0.4, -0.2) is 24.9 Å². The van der Waals surface area contributed by atoms with Crippen molar-refractivity contribution in [1.29, 1.82) is 0 Å². The van der Waals surface area contributed by atoms with Crippen molar-refractivity contribution in [3.63, 3.8) is 0 Å². The fourth-order valence-corrected chi connectivity index (χ4v) is 1.01. The number of hydrogen-bond acceptors (Lipinski definition) is 0. The molecule has 0 bridgehead atoms. The van der Waals surface area contributed by atoms with Crippen molar-refractivity contribution in [3.8, 4) is 0 Å². The van der Waals surface area contributed by atoms with Gasteiger partial charge in [0.15, 0.2) is 6.21 Å². The Morgan fingerprint density at radius 3 is 2.25 bits per heavy atom. The minimum atomic E-state index is 0. The third-order valence-corrected chi connectivity index (χ3v) is 1.59. The molecule has 0 amide bonds. The van der Waals surface area contributed by atoms with E-state index in [1.807, 2.05) is 14.1 Å². The fourth-order valence-electron chi connectivity index (χ4n) is 1.01. The van der Waals surface area contributed by atoms with Crippen LogP contribution in [0.4, 0.5) is 0 Å². The fraction of sp³-hybridized carbons (Fsp3) is 0.300. The van der Waals surface area contributed by atoms with Crippen molar-refractivity contribution in [1.82, 2.24) is 0 Å². The Hall–Kier alpha value is -0.820. The minimum absolute atomic E-state index is 0. The van der Waals surface area contributed by atoms with Gasteiger partial charge in [-0.3, -0.25) is 0 Å². The van der Waals surface area contributed by atoms with Gasteiger partial charge in [0.25, 0.3) is 0 Å². The van der Waals surface area contributed by atoms with Crippen LogP contribution in [0.5, 0.6) is 0 Å². The molecule has 1 aromatic carbocycles. The summed E-state index contributed by atoms with van der Waals surface area (Å²) < 4.78 is 2.06. The highest BCUT2D eigenvalue weighted by Gasteiger charge is 1.94. The average Bonchev–Trinajstić information content (AvgIpc) is 1.93. The quantitative estimate of drug-likeness (QED) is 0.376. The van der Waals surface area contributed by atoms with Crippen molar-refractivity contribution in [2.24, 2.45) is 0 Å². The van der Waals surface area contributed by atoms with E-state index in [0.29, 0.717) is 0 Å². The van der Waals surface area contributed by atoms with E-state index in [-0.39, 0.29) is 12.4 Å². The summed E-state index contributed by atoms with van der Waals surface area (Å²) >= 11 is 0. The molecule has 0 aliphatic rings. The van der Waals surface area contributed by atoms with E-state index in [1.54, 1.807) is 0 Å². The molecule has 0 N–H and O–H groups in total. The average molecular weight is 184 g/mol. The normalized spacial score (nSPS) is 8.58. The van der Waals surface area contributed by atoms with Gasteiger partial charge in [0.2, 0.25) is 0 Å². The molecule has 0 saturated carbocycles. The van der Waals surface area contributed by atoms with E-state index in [0.717, 1.165) is 0 Å². The Morgan fingerprint density at radius 1 is 1.17 bits per heavy atom. The summed E-state index contributed by atoms with van der Waals surface area (Å²) in [7, 11) is 4.07. The molecule has 1 aromatic rings. The first-order valence-electron chi connectivity index (χ1n) is 3.77. The van der Waals surface area contributed by atoms with Gasteiger partial charge in [0.1, 0.15) is 14.1 Å². The molecule has 1 nitrogen and oxygen atoms in total. The second-order valence-corrected chi connectivity index (χ2v) is 2.95. The van der Waals surface area contributed by atoms with Crippen LogP contribution in [0.2, 0.25) is 0 Å². The zero-order valence-electron chi connectivity index (χ0n) is 7.71. The lowest BCUT2D eigenvalue weighted by molar-refractivity contribution is -0.458. The zero-order valence-corrected chi connectivity index (χ0v) is 8.47. The van der Waals surface area contributed by atoms with E-state index in [1.165, 1.54) is 11.1 Å². The molecule has 0 aliphatic heterocycles. The van der Waals surface area contributed by atoms with Crippen LogP contribution in [0, 0.1) is 6.92 Å². The summed E-state index contributed by atoms with van der Waals surface area (Å²) in [4.78, 5) is 0. The lowest BCUT2D eigenvalue weighted by Crippen LogP contribution is -3.00. The lowest BCUT2D eigenvalue weighted by atomic mass is 10.1. The molecule has 1 rings (SSSR count). The molecule has 12 heavy (non-hydrogen) atoms. The summed E-state index contributed by atoms with van der Waals surface area (Å²) in [6.07, 6.45) is 2.12. The van der Waals surface area contributed by atoms with Crippen LogP contribution in [0.15, 0.2) is 24.3 Å². The molecule has 66 valence electrons. The third kappa shape index (κ3) is 3.05. The van der Waals surface area contributed by atoms with Gasteiger partial charge in [-0.1, -0.05) is 18.2 Å². The summed E-state index contributed by atoms with van der Waals surface area (Å²) in [5.41, 5.74) is 2.61. The Kier molecular flexibility index (Phi) is 4.60. The minimum Gasteiger partial charge on any atom is -1.00 e. The Morgan fingerprint density at radius 2 is 1.75 bits per heavy atom. The van der Waals surface area contributed by atoms with Crippen molar-refractivity contribution < 1.29 is 17.0 Å².